The van der Waals surface area contributed by atoms with Gasteiger partial charge in [-0.05, 0) is 6.07 Å². The van der Waals surface area contributed by atoms with Crippen LogP contribution in [0.25, 0.3) is 0 Å². The summed E-state index contributed by atoms with van der Waals surface area (Å²) in [5.41, 5.74) is 0.152. The summed E-state index contributed by atoms with van der Waals surface area (Å²) < 4.78 is 13.2. The van der Waals surface area contributed by atoms with Gasteiger partial charge in [0, 0.05) is 26.3 Å². The van der Waals surface area contributed by atoms with Crippen LogP contribution in [0.15, 0.2) is 18.5 Å². The highest BCUT2D eigenvalue weighted by molar-refractivity contribution is 5.89. The van der Waals surface area contributed by atoms with E-state index >= 15 is 0 Å². The fourth-order valence-corrected chi connectivity index (χ4v) is 1.39. The van der Waals surface area contributed by atoms with Gasteiger partial charge in [0.15, 0.2) is 5.82 Å². The van der Waals surface area contributed by atoms with Gasteiger partial charge >= 0.3 is 6.03 Å². The molecule has 1 aromatic rings. The molecule has 2 rings (SSSR count). The first-order chi connectivity index (χ1) is 7.68. The number of nitrogens with one attached hydrogen (secondary N) is 2. The first-order valence-corrected chi connectivity index (χ1v) is 5.02. The summed E-state index contributed by atoms with van der Waals surface area (Å²) in [5, 5.41) is 5.57. The number of pyridine rings is 1. The molecule has 0 atom stereocenters. The topological polar surface area (TPSA) is 57.3 Å². The first-order valence-electron chi connectivity index (χ1n) is 5.02. The average Bonchev–Trinajstić information content (AvgIpc) is 2.18. The largest absolute Gasteiger partial charge is 0.322 e. The molecule has 6 heteroatoms. The van der Waals surface area contributed by atoms with Crippen LogP contribution < -0.4 is 10.6 Å². The minimum Gasteiger partial charge on any atom is -0.322 e. The third-order valence-electron chi connectivity index (χ3n) is 2.64. The maximum atomic E-state index is 13.2. The third-order valence-corrected chi connectivity index (χ3v) is 2.64. The number of aromatic nitrogens is 1. The van der Waals surface area contributed by atoms with Crippen molar-refractivity contribution in [2.45, 2.75) is 6.04 Å². The number of anilines is 1. The number of likely N-dealkylation sites (N-methyl/N-ethyl adjacent to an activating group) is 1. The summed E-state index contributed by atoms with van der Waals surface area (Å²) >= 11 is 0. The highest BCUT2D eigenvalue weighted by atomic mass is 19.1. The van der Waals surface area contributed by atoms with Gasteiger partial charge in [-0.2, -0.15) is 0 Å². The molecule has 0 saturated carbocycles. The van der Waals surface area contributed by atoms with Crippen LogP contribution in [-0.2, 0) is 0 Å². The maximum absolute atomic E-state index is 13.2. The molecule has 1 fully saturated rings. The zero-order valence-corrected chi connectivity index (χ0v) is 8.90. The van der Waals surface area contributed by atoms with Crippen LogP contribution in [0.2, 0.25) is 0 Å². The Kier molecular flexibility index (Phi) is 3.00. The average molecular weight is 224 g/mol. The van der Waals surface area contributed by atoms with Crippen molar-refractivity contribution < 1.29 is 9.18 Å². The van der Waals surface area contributed by atoms with Gasteiger partial charge in [-0.3, -0.25) is 4.98 Å². The van der Waals surface area contributed by atoms with Gasteiger partial charge < -0.3 is 15.5 Å². The molecule has 0 radical (unpaired) electrons. The number of nitrogens with zero attached hydrogens (tertiary/aromatic N) is 2. The summed E-state index contributed by atoms with van der Waals surface area (Å²) in [6, 6.07) is 1.31. The van der Waals surface area contributed by atoms with Gasteiger partial charge in [0.05, 0.1) is 17.9 Å². The fraction of sp³-hybridized carbons (Fsp3) is 0.400. The molecule has 0 aliphatic carbocycles. The summed E-state index contributed by atoms with van der Waals surface area (Å²) in [5.74, 6) is -0.531. The lowest BCUT2D eigenvalue weighted by molar-refractivity contribution is 0.180. The number of halogens is 1. The minimum absolute atomic E-state index is 0.152. The van der Waals surface area contributed by atoms with Crippen LogP contribution in [0.1, 0.15) is 0 Å². The minimum atomic E-state index is -0.531. The lowest BCUT2D eigenvalue weighted by Crippen LogP contribution is -2.58. The van der Waals surface area contributed by atoms with Crippen molar-refractivity contribution in [2.24, 2.45) is 0 Å². The lowest BCUT2D eigenvalue weighted by atomic mass is 10.1. The van der Waals surface area contributed by atoms with Crippen LogP contribution in [0, 0.1) is 5.82 Å². The molecule has 2 heterocycles. The van der Waals surface area contributed by atoms with Crippen LogP contribution in [0.3, 0.4) is 0 Å². The van der Waals surface area contributed by atoms with E-state index in [1.54, 1.807) is 11.9 Å². The Balaban J connectivity index is 1.99. The molecule has 1 saturated heterocycles. The number of hydrogen-bond acceptors (Lipinski definition) is 3. The lowest BCUT2D eigenvalue weighted by Gasteiger charge is -2.35. The van der Waals surface area contributed by atoms with Crippen molar-refractivity contribution in [3.8, 4) is 0 Å². The molecule has 0 spiro atoms. The first kappa shape index (κ1) is 10.8. The summed E-state index contributed by atoms with van der Waals surface area (Å²) in [6.45, 7) is 1.56. The van der Waals surface area contributed by atoms with Gasteiger partial charge in [0.2, 0.25) is 0 Å². The van der Waals surface area contributed by atoms with E-state index in [0.717, 1.165) is 19.3 Å². The van der Waals surface area contributed by atoms with Gasteiger partial charge in [-0.25, -0.2) is 9.18 Å². The normalized spacial score (nSPS) is 15.4. The molecule has 1 aromatic heterocycles. The SMILES string of the molecule is CN(C(=O)Nc1ccncc1F)C1CNC1. The molecule has 86 valence electrons. The fourth-order valence-electron chi connectivity index (χ4n) is 1.39. The molecule has 2 N–H and O–H groups in total. The van der Waals surface area contributed by atoms with Crippen LogP contribution >= 0.6 is 0 Å². The zero-order valence-electron chi connectivity index (χ0n) is 8.90. The molecular weight excluding hydrogens is 211 g/mol. The maximum Gasteiger partial charge on any atom is 0.322 e. The Morgan fingerprint density at radius 2 is 2.44 bits per heavy atom. The van der Waals surface area contributed by atoms with Gasteiger partial charge in [0.1, 0.15) is 0 Å². The standard InChI is InChI=1S/C10H13FN4O/c1-15(7-4-13-5-7)10(16)14-9-2-3-12-6-8(9)11/h2-3,6-7,13H,4-5H2,1H3,(H,12,14,16). The van der Waals surface area contributed by atoms with E-state index in [1.165, 1.54) is 12.3 Å². The number of carbonyl (C=O) groups is 1. The quantitative estimate of drug-likeness (QED) is 0.775. The van der Waals surface area contributed by atoms with Crippen molar-refractivity contribution in [2.75, 3.05) is 25.5 Å². The molecule has 5 nitrogen and oxygen atoms in total. The molecule has 1 aliphatic rings. The second-order valence-electron chi connectivity index (χ2n) is 3.71. The Morgan fingerprint density at radius 3 is 3.00 bits per heavy atom. The monoisotopic (exact) mass is 224 g/mol. The van der Waals surface area contributed by atoms with E-state index in [0.29, 0.717) is 0 Å². The van der Waals surface area contributed by atoms with Crippen LogP contribution in [0.5, 0.6) is 0 Å². The van der Waals surface area contributed by atoms with Gasteiger partial charge in [-0.15, -0.1) is 0 Å². The second kappa shape index (κ2) is 4.44. The predicted octanol–water partition coefficient (Wildman–Crippen LogP) is 0.656. The summed E-state index contributed by atoms with van der Waals surface area (Å²) in [6.07, 6.45) is 2.50. The van der Waals surface area contributed by atoms with E-state index in [-0.39, 0.29) is 17.8 Å². The number of hydrogen-bond donors (Lipinski definition) is 2. The Bertz CT molecular complexity index is 394. The Hall–Kier alpha value is -1.69. The van der Waals surface area contributed by atoms with Crippen molar-refractivity contribution in [3.05, 3.63) is 24.3 Å². The van der Waals surface area contributed by atoms with Crippen LogP contribution in [-0.4, -0.2) is 42.1 Å². The van der Waals surface area contributed by atoms with Crippen molar-refractivity contribution in [1.29, 1.82) is 0 Å². The third kappa shape index (κ3) is 2.11. The highest BCUT2D eigenvalue weighted by Crippen LogP contribution is 2.12. The van der Waals surface area contributed by atoms with E-state index in [9.17, 15) is 9.18 Å². The highest BCUT2D eigenvalue weighted by Gasteiger charge is 2.25. The zero-order chi connectivity index (χ0) is 11.5. The molecule has 0 unspecified atom stereocenters. The van der Waals surface area contributed by atoms with E-state index in [1.807, 2.05) is 0 Å². The summed E-state index contributed by atoms with van der Waals surface area (Å²) in [7, 11) is 1.69. The van der Waals surface area contributed by atoms with Crippen molar-refractivity contribution >= 4 is 11.7 Å². The molecular formula is C10H13FN4O. The summed E-state index contributed by atoms with van der Waals surface area (Å²) in [4.78, 5) is 16.9. The van der Waals surface area contributed by atoms with Crippen LogP contribution in [0.4, 0.5) is 14.9 Å². The molecule has 2 amide bonds. The Morgan fingerprint density at radius 1 is 1.69 bits per heavy atom. The molecule has 1 aliphatic heterocycles. The van der Waals surface area contributed by atoms with Gasteiger partial charge in [-0.1, -0.05) is 0 Å². The molecule has 0 aromatic carbocycles. The Labute approximate surface area is 92.7 Å². The molecule has 16 heavy (non-hydrogen) atoms. The second-order valence-corrected chi connectivity index (χ2v) is 3.71. The number of urea groups is 1. The molecule has 0 bridgehead atoms. The van der Waals surface area contributed by atoms with Gasteiger partial charge in [0.25, 0.3) is 0 Å². The van der Waals surface area contributed by atoms with Crippen molar-refractivity contribution in [3.63, 3.8) is 0 Å². The number of carbonyl (C=O) groups excluding carboxylic acids is 1. The predicted molar refractivity (Wildman–Crippen MR) is 57.6 cm³/mol. The van der Waals surface area contributed by atoms with Crippen molar-refractivity contribution in [1.82, 2.24) is 15.2 Å². The number of rotatable bonds is 2. The van der Waals surface area contributed by atoms with E-state index < -0.39 is 5.82 Å². The number of amides is 2. The van der Waals surface area contributed by atoms with E-state index in [4.69, 9.17) is 0 Å². The van der Waals surface area contributed by atoms with E-state index in [2.05, 4.69) is 15.6 Å². The smallest absolute Gasteiger partial charge is 0.322 e.